The highest BCUT2D eigenvalue weighted by atomic mass is 19.1. The Kier molecular flexibility index (Phi) is 3.85. The second-order valence-corrected chi connectivity index (χ2v) is 4.93. The number of fused-ring (bicyclic) bond motifs is 1. The largest absolute Gasteiger partial charge is 0.484 e. The van der Waals surface area contributed by atoms with Crippen LogP contribution in [0.3, 0.4) is 0 Å². The Balaban J connectivity index is 1.57. The van der Waals surface area contributed by atoms with Gasteiger partial charge < -0.3 is 9.26 Å². The summed E-state index contributed by atoms with van der Waals surface area (Å²) in [5.74, 6) is 0.174. The number of amides is 1. The van der Waals surface area contributed by atoms with Crippen molar-refractivity contribution in [3.05, 3.63) is 41.3 Å². The van der Waals surface area contributed by atoms with Crippen LogP contribution in [0.25, 0.3) is 0 Å². The molecule has 1 aliphatic carbocycles. The Labute approximate surface area is 121 Å². The summed E-state index contributed by atoms with van der Waals surface area (Å²) in [5, 5.41) is 6.63. The van der Waals surface area contributed by atoms with Gasteiger partial charge in [-0.2, -0.15) is 0 Å². The molecule has 5 nitrogen and oxygen atoms in total. The van der Waals surface area contributed by atoms with Gasteiger partial charge in [-0.1, -0.05) is 5.16 Å². The number of carbonyl (C=O) groups is 1. The lowest BCUT2D eigenvalue weighted by molar-refractivity contribution is -0.118. The number of ether oxygens (including phenoxy) is 1. The molecule has 1 heterocycles. The Morgan fingerprint density at radius 2 is 2.05 bits per heavy atom. The number of anilines is 1. The fourth-order valence-electron chi connectivity index (χ4n) is 2.33. The summed E-state index contributed by atoms with van der Waals surface area (Å²) in [4.78, 5) is 11.8. The molecule has 0 atom stereocenters. The van der Waals surface area contributed by atoms with Gasteiger partial charge in [0.15, 0.2) is 6.61 Å². The third-order valence-corrected chi connectivity index (χ3v) is 3.40. The number of benzene rings is 1. The molecule has 110 valence electrons. The standard InChI is InChI=1S/C15H15FN2O3/c16-10-5-7-11(8-6-10)20-9-14(19)17-15-12-3-1-2-4-13(12)18-21-15/h5-8H,1-4,9H2,(H,17,19). The van der Waals surface area contributed by atoms with Gasteiger partial charge in [-0.15, -0.1) is 0 Å². The molecule has 0 spiro atoms. The molecule has 0 fully saturated rings. The summed E-state index contributed by atoms with van der Waals surface area (Å²) >= 11 is 0. The van der Waals surface area contributed by atoms with Crippen molar-refractivity contribution in [2.24, 2.45) is 0 Å². The molecule has 0 aliphatic heterocycles. The average molecular weight is 290 g/mol. The van der Waals surface area contributed by atoms with E-state index in [0.29, 0.717) is 11.6 Å². The monoisotopic (exact) mass is 290 g/mol. The minimum atomic E-state index is -0.347. The van der Waals surface area contributed by atoms with Gasteiger partial charge in [0.05, 0.1) is 5.69 Å². The summed E-state index contributed by atoms with van der Waals surface area (Å²) < 4.78 is 23.2. The molecule has 1 amide bonds. The second kappa shape index (κ2) is 5.95. The molecule has 3 rings (SSSR count). The maximum absolute atomic E-state index is 12.7. The van der Waals surface area contributed by atoms with E-state index in [0.717, 1.165) is 36.9 Å². The number of aromatic nitrogens is 1. The van der Waals surface area contributed by atoms with E-state index >= 15 is 0 Å². The molecule has 1 aromatic heterocycles. The lowest BCUT2D eigenvalue weighted by atomic mass is 9.98. The van der Waals surface area contributed by atoms with E-state index < -0.39 is 0 Å². The molecular weight excluding hydrogens is 275 g/mol. The van der Waals surface area contributed by atoms with Crippen LogP contribution < -0.4 is 10.1 Å². The average Bonchev–Trinajstić information content (AvgIpc) is 2.90. The molecule has 0 radical (unpaired) electrons. The zero-order valence-electron chi connectivity index (χ0n) is 11.4. The zero-order chi connectivity index (χ0) is 14.7. The van der Waals surface area contributed by atoms with Crippen molar-refractivity contribution >= 4 is 11.8 Å². The molecule has 6 heteroatoms. The first-order chi connectivity index (χ1) is 10.2. The van der Waals surface area contributed by atoms with Crippen LogP contribution in [-0.2, 0) is 17.6 Å². The smallest absolute Gasteiger partial charge is 0.264 e. The third-order valence-electron chi connectivity index (χ3n) is 3.40. The van der Waals surface area contributed by atoms with Gasteiger partial charge in [0, 0.05) is 5.56 Å². The van der Waals surface area contributed by atoms with Crippen LogP contribution in [0, 0.1) is 5.82 Å². The van der Waals surface area contributed by atoms with Crippen LogP contribution in [0.4, 0.5) is 10.3 Å². The summed E-state index contributed by atoms with van der Waals surface area (Å²) in [7, 11) is 0. The van der Waals surface area contributed by atoms with Crippen LogP contribution in [0.5, 0.6) is 5.75 Å². The molecule has 0 saturated heterocycles. The first kappa shape index (κ1) is 13.6. The number of aryl methyl sites for hydroxylation is 1. The van der Waals surface area contributed by atoms with E-state index in [-0.39, 0.29) is 18.3 Å². The Morgan fingerprint density at radius 3 is 2.86 bits per heavy atom. The van der Waals surface area contributed by atoms with Gasteiger partial charge in [0.25, 0.3) is 5.91 Å². The maximum Gasteiger partial charge on any atom is 0.264 e. The van der Waals surface area contributed by atoms with Gasteiger partial charge in [-0.05, 0) is 49.9 Å². The van der Waals surface area contributed by atoms with Gasteiger partial charge in [-0.25, -0.2) is 4.39 Å². The predicted octanol–water partition coefficient (Wildman–Crippen LogP) is 2.71. The minimum Gasteiger partial charge on any atom is -0.484 e. The highest BCUT2D eigenvalue weighted by Crippen LogP contribution is 2.27. The van der Waals surface area contributed by atoms with Crippen molar-refractivity contribution in [1.29, 1.82) is 0 Å². The Bertz CT molecular complexity index is 637. The molecule has 0 unspecified atom stereocenters. The Morgan fingerprint density at radius 1 is 1.29 bits per heavy atom. The Hall–Kier alpha value is -2.37. The van der Waals surface area contributed by atoms with E-state index in [1.165, 1.54) is 24.3 Å². The topological polar surface area (TPSA) is 64.4 Å². The highest BCUT2D eigenvalue weighted by molar-refractivity contribution is 5.91. The number of hydrogen-bond acceptors (Lipinski definition) is 4. The predicted molar refractivity (Wildman–Crippen MR) is 73.7 cm³/mol. The minimum absolute atomic E-state index is 0.166. The summed E-state index contributed by atoms with van der Waals surface area (Å²) in [6.07, 6.45) is 3.93. The van der Waals surface area contributed by atoms with Crippen LogP contribution in [-0.4, -0.2) is 17.7 Å². The van der Waals surface area contributed by atoms with Crippen LogP contribution >= 0.6 is 0 Å². The molecule has 1 aromatic carbocycles. The lowest BCUT2D eigenvalue weighted by Gasteiger charge is -2.10. The van der Waals surface area contributed by atoms with Crippen molar-refractivity contribution in [3.8, 4) is 5.75 Å². The molecule has 0 bridgehead atoms. The van der Waals surface area contributed by atoms with Crippen LogP contribution in [0.15, 0.2) is 28.8 Å². The quantitative estimate of drug-likeness (QED) is 0.940. The van der Waals surface area contributed by atoms with E-state index in [1.54, 1.807) is 0 Å². The van der Waals surface area contributed by atoms with E-state index in [1.807, 2.05) is 0 Å². The van der Waals surface area contributed by atoms with E-state index in [9.17, 15) is 9.18 Å². The molecular formula is C15H15FN2O3. The number of nitrogens with zero attached hydrogens (tertiary/aromatic N) is 1. The van der Waals surface area contributed by atoms with Gasteiger partial charge in [0.2, 0.25) is 5.88 Å². The molecule has 21 heavy (non-hydrogen) atoms. The zero-order valence-corrected chi connectivity index (χ0v) is 11.4. The van der Waals surface area contributed by atoms with E-state index in [4.69, 9.17) is 9.26 Å². The van der Waals surface area contributed by atoms with Crippen molar-refractivity contribution < 1.29 is 18.4 Å². The molecule has 2 aromatic rings. The molecule has 0 saturated carbocycles. The first-order valence-electron chi connectivity index (χ1n) is 6.88. The number of rotatable bonds is 4. The highest BCUT2D eigenvalue weighted by Gasteiger charge is 2.20. The fourth-order valence-corrected chi connectivity index (χ4v) is 2.33. The number of nitrogens with one attached hydrogen (secondary N) is 1. The fraction of sp³-hybridized carbons (Fsp3) is 0.333. The van der Waals surface area contributed by atoms with Gasteiger partial charge in [0.1, 0.15) is 11.6 Å². The first-order valence-corrected chi connectivity index (χ1v) is 6.88. The van der Waals surface area contributed by atoms with Crippen molar-refractivity contribution in [2.45, 2.75) is 25.7 Å². The summed E-state index contributed by atoms with van der Waals surface area (Å²) in [6.45, 7) is -0.166. The van der Waals surface area contributed by atoms with Crippen molar-refractivity contribution in [3.63, 3.8) is 0 Å². The maximum atomic E-state index is 12.7. The van der Waals surface area contributed by atoms with Gasteiger partial charge in [-0.3, -0.25) is 10.1 Å². The van der Waals surface area contributed by atoms with Crippen LogP contribution in [0.1, 0.15) is 24.1 Å². The number of halogens is 1. The van der Waals surface area contributed by atoms with Crippen LogP contribution in [0.2, 0.25) is 0 Å². The molecule has 1 aliphatic rings. The third kappa shape index (κ3) is 3.21. The normalized spacial score (nSPS) is 13.6. The summed E-state index contributed by atoms with van der Waals surface area (Å²) in [5.41, 5.74) is 1.91. The number of carbonyl (C=O) groups excluding carboxylic acids is 1. The summed E-state index contributed by atoms with van der Waals surface area (Å²) in [6, 6.07) is 5.50. The second-order valence-electron chi connectivity index (χ2n) is 4.93. The van der Waals surface area contributed by atoms with Gasteiger partial charge >= 0.3 is 0 Å². The van der Waals surface area contributed by atoms with Crippen molar-refractivity contribution in [2.75, 3.05) is 11.9 Å². The SMILES string of the molecule is O=C(COc1ccc(F)cc1)Nc1onc2c1CCCC2. The van der Waals surface area contributed by atoms with E-state index in [2.05, 4.69) is 10.5 Å². The lowest BCUT2D eigenvalue weighted by Crippen LogP contribution is -2.20. The molecule has 1 N–H and O–H groups in total. The number of hydrogen-bond donors (Lipinski definition) is 1. The van der Waals surface area contributed by atoms with Crippen molar-refractivity contribution in [1.82, 2.24) is 5.16 Å².